The van der Waals surface area contributed by atoms with Gasteiger partial charge in [0.15, 0.2) is 0 Å². The molecule has 0 saturated carbocycles. The van der Waals surface area contributed by atoms with Crippen molar-refractivity contribution in [2.75, 3.05) is 46.3 Å². The van der Waals surface area contributed by atoms with Crippen LogP contribution in [-0.2, 0) is 4.79 Å². The summed E-state index contributed by atoms with van der Waals surface area (Å²) >= 11 is 0. The Kier molecular flexibility index (Phi) is 5.63. The highest BCUT2D eigenvalue weighted by atomic mass is 16.1. The van der Waals surface area contributed by atoms with Gasteiger partial charge in [-0.3, -0.25) is 9.69 Å². The van der Waals surface area contributed by atoms with Crippen LogP contribution in [0.1, 0.15) is 33.6 Å². The SMILES string of the molecule is CC1CC(C(=O)NCC(C)(C)N2CCN(C)CC2)CCN1. The summed E-state index contributed by atoms with van der Waals surface area (Å²) in [6.45, 7) is 12.7. The second-order valence-corrected chi connectivity index (χ2v) is 7.40. The van der Waals surface area contributed by atoms with Crippen LogP contribution in [0.15, 0.2) is 0 Å². The molecule has 5 nitrogen and oxygen atoms in total. The number of nitrogens with one attached hydrogen (secondary N) is 2. The van der Waals surface area contributed by atoms with Crippen LogP contribution in [0.5, 0.6) is 0 Å². The molecule has 2 aliphatic rings. The van der Waals surface area contributed by atoms with Crippen molar-refractivity contribution in [3.05, 3.63) is 0 Å². The first kappa shape index (κ1) is 16.7. The van der Waals surface area contributed by atoms with Crippen LogP contribution in [-0.4, -0.2) is 73.6 Å². The fourth-order valence-electron chi connectivity index (χ4n) is 3.34. The third-order valence-electron chi connectivity index (χ3n) is 5.05. The molecule has 122 valence electrons. The minimum Gasteiger partial charge on any atom is -0.354 e. The van der Waals surface area contributed by atoms with Gasteiger partial charge in [-0.05, 0) is 47.2 Å². The fourth-order valence-corrected chi connectivity index (χ4v) is 3.34. The molecule has 1 amide bonds. The second-order valence-electron chi connectivity index (χ2n) is 7.40. The molecular weight excluding hydrogens is 264 g/mol. The summed E-state index contributed by atoms with van der Waals surface area (Å²) in [4.78, 5) is 17.2. The van der Waals surface area contributed by atoms with E-state index in [1.165, 1.54) is 0 Å². The van der Waals surface area contributed by atoms with Crippen molar-refractivity contribution in [1.29, 1.82) is 0 Å². The predicted octanol–water partition coefficient (Wildman–Crippen LogP) is 0.517. The highest BCUT2D eigenvalue weighted by Gasteiger charge is 2.31. The maximum absolute atomic E-state index is 12.4. The molecule has 0 bridgehead atoms. The Balaban J connectivity index is 1.79. The summed E-state index contributed by atoms with van der Waals surface area (Å²) in [6.07, 6.45) is 1.92. The number of rotatable bonds is 4. The minimum absolute atomic E-state index is 0.0372. The Labute approximate surface area is 129 Å². The molecule has 2 atom stereocenters. The molecule has 0 spiro atoms. The molecular formula is C16H32N4O. The van der Waals surface area contributed by atoms with E-state index in [1.54, 1.807) is 0 Å². The van der Waals surface area contributed by atoms with Crippen LogP contribution in [0.25, 0.3) is 0 Å². The van der Waals surface area contributed by atoms with Gasteiger partial charge in [0.05, 0.1) is 0 Å². The van der Waals surface area contributed by atoms with E-state index in [2.05, 4.69) is 48.3 Å². The molecule has 0 aromatic carbocycles. The maximum atomic E-state index is 12.4. The molecule has 0 aromatic rings. The van der Waals surface area contributed by atoms with Gasteiger partial charge in [-0.2, -0.15) is 0 Å². The lowest BCUT2D eigenvalue weighted by molar-refractivity contribution is -0.126. The van der Waals surface area contributed by atoms with E-state index in [-0.39, 0.29) is 17.4 Å². The van der Waals surface area contributed by atoms with Crippen molar-refractivity contribution < 1.29 is 4.79 Å². The van der Waals surface area contributed by atoms with Gasteiger partial charge < -0.3 is 15.5 Å². The summed E-state index contributed by atoms with van der Waals surface area (Å²) < 4.78 is 0. The summed E-state index contributed by atoms with van der Waals surface area (Å²) in [5, 5.41) is 6.60. The topological polar surface area (TPSA) is 47.6 Å². The van der Waals surface area contributed by atoms with E-state index >= 15 is 0 Å². The van der Waals surface area contributed by atoms with Gasteiger partial charge in [0.1, 0.15) is 0 Å². The lowest BCUT2D eigenvalue weighted by Gasteiger charge is -2.43. The Bertz CT molecular complexity index is 350. The summed E-state index contributed by atoms with van der Waals surface area (Å²) in [6, 6.07) is 0.458. The number of piperazine rings is 1. The van der Waals surface area contributed by atoms with Crippen LogP contribution in [0, 0.1) is 5.92 Å². The van der Waals surface area contributed by atoms with Crippen LogP contribution in [0.4, 0.5) is 0 Å². The van der Waals surface area contributed by atoms with E-state index in [1.807, 2.05) is 0 Å². The molecule has 2 heterocycles. The Hall–Kier alpha value is -0.650. The lowest BCUT2D eigenvalue weighted by Crippen LogP contribution is -2.58. The maximum Gasteiger partial charge on any atom is 0.223 e. The Morgan fingerprint density at radius 3 is 2.57 bits per heavy atom. The summed E-state index contributed by atoms with van der Waals surface area (Å²) in [7, 11) is 2.17. The number of hydrogen-bond donors (Lipinski definition) is 2. The van der Waals surface area contributed by atoms with Crippen LogP contribution in [0.3, 0.4) is 0 Å². The van der Waals surface area contributed by atoms with Gasteiger partial charge in [-0.25, -0.2) is 0 Å². The zero-order valence-electron chi connectivity index (χ0n) is 14.1. The first-order valence-electron chi connectivity index (χ1n) is 8.33. The second kappa shape index (κ2) is 7.07. The minimum atomic E-state index is 0.0372. The van der Waals surface area contributed by atoms with Crippen molar-refractivity contribution in [3.63, 3.8) is 0 Å². The molecule has 21 heavy (non-hydrogen) atoms. The quantitative estimate of drug-likeness (QED) is 0.794. The Morgan fingerprint density at radius 2 is 1.95 bits per heavy atom. The van der Waals surface area contributed by atoms with E-state index in [0.29, 0.717) is 6.04 Å². The zero-order chi connectivity index (χ0) is 15.5. The standard InChI is InChI=1S/C16H32N4O/c1-13-11-14(5-6-17-13)15(21)18-12-16(2,3)20-9-7-19(4)8-10-20/h13-14,17H,5-12H2,1-4H3,(H,18,21). The number of carbonyl (C=O) groups excluding carboxylic acids is 1. The van der Waals surface area contributed by atoms with Gasteiger partial charge in [-0.15, -0.1) is 0 Å². The van der Waals surface area contributed by atoms with Crippen molar-refractivity contribution in [2.45, 2.75) is 45.2 Å². The summed E-state index contributed by atoms with van der Waals surface area (Å²) in [5.41, 5.74) is 0.0372. The number of carbonyl (C=O) groups is 1. The molecule has 2 fully saturated rings. The molecule has 2 N–H and O–H groups in total. The number of nitrogens with zero attached hydrogens (tertiary/aromatic N) is 2. The van der Waals surface area contributed by atoms with Crippen molar-refractivity contribution in [1.82, 2.24) is 20.4 Å². The van der Waals surface area contributed by atoms with Gasteiger partial charge in [0.2, 0.25) is 5.91 Å². The predicted molar refractivity (Wildman–Crippen MR) is 86.3 cm³/mol. The average molecular weight is 296 g/mol. The zero-order valence-corrected chi connectivity index (χ0v) is 14.1. The third-order valence-corrected chi connectivity index (χ3v) is 5.05. The van der Waals surface area contributed by atoms with Crippen LogP contribution >= 0.6 is 0 Å². The van der Waals surface area contributed by atoms with E-state index < -0.39 is 0 Å². The molecule has 2 saturated heterocycles. The number of likely N-dealkylation sites (N-methyl/N-ethyl adjacent to an activating group) is 1. The summed E-state index contributed by atoms with van der Waals surface area (Å²) in [5.74, 6) is 0.426. The largest absolute Gasteiger partial charge is 0.354 e. The first-order valence-corrected chi connectivity index (χ1v) is 8.33. The average Bonchev–Trinajstić information content (AvgIpc) is 2.45. The van der Waals surface area contributed by atoms with Gasteiger partial charge in [-0.1, -0.05) is 0 Å². The molecule has 5 heteroatoms. The lowest BCUT2D eigenvalue weighted by atomic mass is 9.92. The molecule has 2 aliphatic heterocycles. The first-order chi connectivity index (χ1) is 9.88. The molecule has 2 unspecified atom stereocenters. The van der Waals surface area contributed by atoms with Crippen LogP contribution in [0.2, 0.25) is 0 Å². The van der Waals surface area contributed by atoms with E-state index in [9.17, 15) is 4.79 Å². The van der Waals surface area contributed by atoms with Gasteiger partial charge in [0.25, 0.3) is 0 Å². The molecule has 0 radical (unpaired) electrons. The number of hydrogen-bond acceptors (Lipinski definition) is 4. The van der Waals surface area contributed by atoms with E-state index in [0.717, 1.165) is 52.1 Å². The monoisotopic (exact) mass is 296 g/mol. The highest BCUT2D eigenvalue weighted by Crippen LogP contribution is 2.18. The molecule has 0 aliphatic carbocycles. The van der Waals surface area contributed by atoms with E-state index in [4.69, 9.17) is 0 Å². The van der Waals surface area contributed by atoms with Crippen LogP contribution < -0.4 is 10.6 Å². The number of piperidine rings is 1. The molecule has 0 aromatic heterocycles. The smallest absolute Gasteiger partial charge is 0.223 e. The van der Waals surface area contributed by atoms with Gasteiger partial charge in [0, 0.05) is 50.2 Å². The van der Waals surface area contributed by atoms with Crippen molar-refractivity contribution in [2.24, 2.45) is 5.92 Å². The number of amides is 1. The van der Waals surface area contributed by atoms with Gasteiger partial charge >= 0.3 is 0 Å². The molecule has 2 rings (SSSR count). The fraction of sp³-hybridized carbons (Fsp3) is 0.938. The Morgan fingerprint density at radius 1 is 1.29 bits per heavy atom. The third kappa shape index (κ3) is 4.66. The van der Waals surface area contributed by atoms with Crippen molar-refractivity contribution >= 4 is 5.91 Å². The highest BCUT2D eigenvalue weighted by molar-refractivity contribution is 5.78. The van der Waals surface area contributed by atoms with Crippen molar-refractivity contribution in [3.8, 4) is 0 Å². The normalized spacial score (nSPS) is 29.3.